The number of nitrogens with one attached hydrogen (secondary N) is 2. The summed E-state index contributed by atoms with van der Waals surface area (Å²) >= 11 is 1.71. The number of thiazole rings is 1. The first-order chi connectivity index (χ1) is 7.36. The van der Waals surface area contributed by atoms with Crippen LogP contribution in [0, 0.1) is 6.92 Å². The SMILES string of the molecule is Cc1ncsc1CNCC1CNCCO1. The third-order valence-electron chi connectivity index (χ3n) is 2.51. The second-order valence-corrected chi connectivity index (χ2v) is 4.63. The Morgan fingerprint density at radius 3 is 3.33 bits per heavy atom. The minimum absolute atomic E-state index is 0.312. The summed E-state index contributed by atoms with van der Waals surface area (Å²) in [6.45, 7) is 6.61. The molecule has 1 atom stereocenters. The zero-order valence-corrected chi connectivity index (χ0v) is 9.77. The Morgan fingerprint density at radius 1 is 1.73 bits per heavy atom. The molecule has 84 valence electrons. The van der Waals surface area contributed by atoms with E-state index in [4.69, 9.17) is 4.74 Å². The second kappa shape index (κ2) is 5.55. The van der Waals surface area contributed by atoms with Gasteiger partial charge >= 0.3 is 0 Å². The van der Waals surface area contributed by atoms with Gasteiger partial charge in [-0.2, -0.15) is 0 Å². The summed E-state index contributed by atoms with van der Waals surface area (Å²) in [6.07, 6.45) is 0.312. The molecule has 5 heteroatoms. The zero-order valence-electron chi connectivity index (χ0n) is 8.95. The van der Waals surface area contributed by atoms with Crippen molar-refractivity contribution < 1.29 is 4.74 Å². The van der Waals surface area contributed by atoms with Gasteiger partial charge < -0.3 is 15.4 Å². The van der Waals surface area contributed by atoms with Gasteiger partial charge in [-0.25, -0.2) is 4.98 Å². The zero-order chi connectivity index (χ0) is 10.5. The quantitative estimate of drug-likeness (QED) is 0.787. The number of aryl methyl sites for hydroxylation is 1. The van der Waals surface area contributed by atoms with Crippen LogP contribution in [-0.4, -0.2) is 37.3 Å². The average Bonchev–Trinajstić information content (AvgIpc) is 2.66. The van der Waals surface area contributed by atoms with E-state index >= 15 is 0 Å². The summed E-state index contributed by atoms with van der Waals surface area (Å²) in [5, 5.41) is 6.72. The van der Waals surface area contributed by atoms with E-state index in [1.165, 1.54) is 4.88 Å². The highest BCUT2D eigenvalue weighted by Gasteiger charge is 2.12. The van der Waals surface area contributed by atoms with Gasteiger partial charge in [0.15, 0.2) is 0 Å². The van der Waals surface area contributed by atoms with E-state index in [0.717, 1.165) is 38.5 Å². The molecule has 0 radical (unpaired) electrons. The lowest BCUT2D eigenvalue weighted by molar-refractivity contribution is 0.0291. The van der Waals surface area contributed by atoms with E-state index in [2.05, 4.69) is 15.6 Å². The van der Waals surface area contributed by atoms with Gasteiger partial charge in [-0.05, 0) is 6.92 Å². The molecule has 2 rings (SSSR count). The number of ether oxygens (including phenoxy) is 1. The van der Waals surface area contributed by atoms with Crippen molar-refractivity contribution in [1.29, 1.82) is 0 Å². The van der Waals surface area contributed by atoms with Gasteiger partial charge in [-0.15, -0.1) is 11.3 Å². The van der Waals surface area contributed by atoms with Gasteiger partial charge in [0.2, 0.25) is 0 Å². The van der Waals surface area contributed by atoms with Crippen molar-refractivity contribution in [1.82, 2.24) is 15.6 Å². The van der Waals surface area contributed by atoms with Gasteiger partial charge in [0.05, 0.1) is 23.9 Å². The largest absolute Gasteiger partial charge is 0.374 e. The molecule has 0 amide bonds. The molecule has 0 bridgehead atoms. The summed E-state index contributed by atoms with van der Waals surface area (Å²) < 4.78 is 5.59. The Morgan fingerprint density at radius 2 is 2.67 bits per heavy atom. The lowest BCUT2D eigenvalue weighted by atomic mass is 10.3. The van der Waals surface area contributed by atoms with Crippen LogP contribution in [-0.2, 0) is 11.3 Å². The monoisotopic (exact) mass is 227 g/mol. The summed E-state index contributed by atoms with van der Waals surface area (Å²) in [6, 6.07) is 0. The van der Waals surface area contributed by atoms with Gasteiger partial charge in [0.1, 0.15) is 0 Å². The van der Waals surface area contributed by atoms with Crippen molar-refractivity contribution in [2.45, 2.75) is 19.6 Å². The van der Waals surface area contributed by atoms with Crippen LogP contribution in [0.3, 0.4) is 0 Å². The van der Waals surface area contributed by atoms with E-state index in [1.54, 1.807) is 11.3 Å². The summed E-state index contributed by atoms with van der Waals surface area (Å²) in [7, 11) is 0. The van der Waals surface area contributed by atoms with E-state index in [-0.39, 0.29) is 0 Å². The van der Waals surface area contributed by atoms with Crippen molar-refractivity contribution >= 4 is 11.3 Å². The van der Waals surface area contributed by atoms with Crippen molar-refractivity contribution in [3.05, 3.63) is 16.1 Å². The molecule has 0 aromatic carbocycles. The first-order valence-electron chi connectivity index (χ1n) is 5.28. The Bertz CT molecular complexity index is 297. The number of rotatable bonds is 4. The van der Waals surface area contributed by atoms with Crippen LogP contribution in [0.25, 0.3) is 0 Å². The van der Waals surface area contributed by atoms with E-state index in [9.17, 15) is 0 Å². The number of hydrogen-bond donors (Lipinski definition) is 2. The molecule has 0 aliphatic carbocycles. The summed E-state index contributed by atoms with van der Waals surface area (Å²) in [5.41, 5.74) is 3.03. The third kappa shape index (κ3) is 3.24. The Labute approximate surface area is 94.1 Å². The normalized spacial score (nSPS) is 21.8. The van der Waals surface area contributed by atoms with Crippen LogP contribution in [0.15, 0.2) is 5.51 Å². The molecule has 1 aromatic heterocycles. The van der Waals surface area contributed by atoms with Gasteiger partial charge in [0.25, 0.3) is 0 Å². The average molecular weight is 227 g/mol. The summed E-state index contributed by atoms with van der Waals surface area (Å²) in [5.74, 6) is 0. The maximum Gasteiger partial charge on any atom is 0.0824 e. The molecule has 1 unspecified atom stereocenters. The van der Waals surface area contributed by atoms with Crippen molar-refractivity contribution in [2.75, 3.05) is 26.2 Å². The maximum absolute atomic E-state index is 5.59. The molecule has 2 heterocycles. The molecule has 1 aliphatic heterocycles. The maximum atomic E-state index is 5.59. The molecule has 15 heavy (non-hydrogen) atoms. The number of nitrogens with zero attached hydrogens (tertiary/aromatic N) is 1. The van der Waals surface area contributed by atoms with Crippen LogP contribution in [0.1, 0.15) is 10.6 Å². The molecule has 2 N–H and O–H groups in total. The molecule has 1 saturated heterocycles. The van der Waals surface area contributed by atoms with Crippen LogP contribution >= 0.6 is 11.3 Å². The third-order valence-corrected chi connectivity index (χ3v) is 3.44. The molecule has 4 nitrogen and oxygen atoms in total. The fourth-order valence-electron chi connectivity index (χ4n) is 1.59. The van der Waals surface area contributed by atoms with Crippen LogP contribution < -0.4 is 10.6 Å². The van der Waals surface area contributed by atoms with E-state index in [1.807, 2.05) is 12.4 Å². The molecule has 1 fully saturated rings. The Balaban J connectivity index is 1.68. The highest BCUT2D eigenvalue weighted by atomic mass is 32.1. The standard InChI is InChI=1S/C10H17N3OS/c1-8-10(15-7-13-8)6-12-5-9-4-11-2-3-14-9/h7,9,11-12H,2-6H2,1H3. The Kier molecular flexibility index (Phi) is 4.08. The Hall–Kier alpha value is -0.490. The molecule has 1 aliphatic rings. The van der Waals surface area contributed by atoms with Crippen molar-refractivity contribution in [2.24, 2.45) is 0 Å². The predicted molar refractivity (Wildman–Crippen MR) is 61.2 cm³/mol. The highest BCUT2D eigenvalue weighted by molar-refractivity contribution is 7.09. The van der Waals surface area contributed by atoms with E-state index in [0.29, 0.717) is 6.10 Å². The van der Waals surface area contributed by atoms with Gasteiger partial charge in [-0.3, -0.25) is 0 Å². The fraction of sp³-hybridized carbons (Fsp3) is 0.700. The fourth-order valence-corrected chi connectivity index (χ4v) is 2.34. The highest BCUT2D eigenvalue weighted by Crippen LogP contribution is 2.11. The minimum atomic E-state index is 0.312. The van der Waals surface area contributed by atoms with Crippen LogP contribution in [0.4, 0.5) is 0 Å². The van der Waals surface area contributed by atoms with Crippen molar-refractivity contribution in [3.8, 4) is 0 Å². The number of morpholine rings is 1. The van der Waals surface area contributed by atoms with E-state index < -0.39 is 0 Å². The first-order valence-corrected chi connectivity index (χ1v) is 6.16. The second-order valence-electron chi connectivity index (χ2n) is 3.69. The topological polar surface area (TPSA) is 46.2 Å². The number of hydrogen-bond acceptors (Lipinski definition) is 5. The summed E-state index contributed by atoms with van der Waals surface area (Å²) in [4.78, 5) is 5.54. The minimum Gasteiger partial charge on any atom is -0.374 e. The smallest absolute Gasteiger partial charge is 0.0824 e. The van der Waals surface area contributed by atoms with Crippen LogP contribution in [0.5, 0.6) is 0 Å². The van der Waals surface area contributed by atoms with Crippen LogP contribution in [0.2, 0.25) is 0 Å². The van der Waals surface area contributed by atoms with Gasteiger partial charge in [0, 0.05) is 31.1 Å². The predicted octanol–water partition coefficient (Wildman–Crippen LogP) is 0.530. The molecular weight excluding hydrogens is 210 g/mol. The lowest BCUT2D eigenvalue weighted by Gasteiger charge is -2.23. The van der Waals surface area contributed by atoms with Gasteiger partial charge in [-0.1, -0.05) is 0 Å². The molecular formula is C10H17N3OS. The van der Waals surface area contributed by atoms with Crippen molar-refractivity contribution in [3.63, 3.8) is 0 Å². The molecule has 0 saturated carbocycles. The molecule has 0 spiro atoms. The lowest BCUT2D eigenvalue weighted by Crippen LogP contribution is -2.43. The number of aromatic nitrogens is 1. The first kappa shape index (κ1) is 11.0. The molecule has 1 aromatic rings.